The molecule has 4 heterocycles. The third kappa shape index (κ3) is 3.34. The van der Waals surface area contributed by atoms with E-state index in [0.29, 0.717) is 24.2 Å². The molecule has 1 unspecified atom stereocenters. The summed E-state index contributed by atoms with van der Waals surface area (Å²) in [5.41, 5.74) is 2.95. The number of nitrogens with one attached hydrogen (secondary N) is 1. The maximum Gasteiger partial charge on any atom is 0.312 e. The van der Waals surface area contributed by atoms with E-state index >= 15 is 0 Å². The smallest absolute Gasteiger partial charge is 0.312 e. The van der Waals surface area contributed by atoms with Crippen LogP contribution < -0.4 is 0 Å². The number of imidazole rings is 1. The summed E-state index contributed by atoms with van der Waals surface area (Å²) in [6, 6.07) is 15.0. The molecule has 0 saturated carbocycles. The molecule has 1 aliphatic heterocycles. The minimum absolute atomic E-state index is 0.140. The number of rotatable bonds is 3. The molecule has 0 spiro atoms. The molecule has 3 aromatic heterocycles. The highest BCUT2D eigenvalue weighted by Crippen LogP contribution is 2.34. The molecule has 1 atom stereocenters. The summed E-state index contributed by atoms with van der Waals surface area (Å²) in [6.07, 6.45) is 4.05. The summed E-state index contributed by atoms with van der Waals surface area (Å²) in [6.45, 7) is 0.432. The molecule has 33 heavy (non-hydrogen) atoms. The third-order valence-electron chi connectivity index (χ3n) is 5.82. The van der Waals surface area contributed by atoms with Gasteiger partial charge in [0.25, 0.3) is 0 Å². The Morgan fingerprint density at radius 2 is 1.88 bits per heavy atom. The molecule has 0 saturated heterocycles. The lowest BCUT2D eigenvalue weighted by Crippen LogP contribution is -2.41. The van der Waals surface area contributed by atoms with Gasteiger partial charge in [-0.15, -0.1) is 10.2 Å². The number of hydrogen-bond donors (Lipinski definition) is 1. The molecule has 0 fully saturated rings. The van der Waals surface area contributed by atoms with Gasteiger partial charge < -0.3 is 14.3 Å². The monoisotopic (exact) mass is 440 g/mol. The van der Waals surface area contributed by atoms with Gasteiger partial charge in [0, 0.05) is 35.8 Å². The second-order valence-electron chi connectivity index (χ2n) is 7.79. The average molecular weight is 440 g/mol. The van der Waals surface area contributed by atoms with Crippen molar-refractivity contribution < 1.29 is 13.6 Å². The van der Waals surface area contributed by atoms with Gasteiger partial charge in [-0.3, -0.25) is 9.78 Å². The fourth-order valence-electron chi connectivity index (χ4n) is 4.19. The summed E-state index contributed by atoms with van der Waals surface area (Å²) in [5, 5.41) is 9.98. The quantitative estimate of drug-likeness (QED) is 0.456. The zero-order valence-corrected chi connectivity index (χ0v) is 17.3. The Balaban J connectivity index is 1.39. The molecule has 162 valence electrons. The van der Waals surface area contributed by atoms with Crippen molar-refractivity contribution in [2.45, 2.75) is 12.5 Å². The van der Waals surface area contributed by atoms with Crippen LogP contribution in [-0.4, -0.2) is 42.5 Å². The maximum atomic E-state index is 13.5. The lowest BCUT2D eigenvalue weighted by molar-refractivity contribution is 0.0647. The number of pyridine rings is 1. The minimum Gasteiger partial charge on any atom is -0.412 e. The first-order valence-electron chi connectivity index (χ1n) is 10.4. The number of carbonyl (C=O) groups excluding carboxylic acids is 1. The van der Waals surface area contributed by atoms with E-state index in [0.717, 1.165) is 22.2 Å². The lowest BCUT2D eigenvalue weighted by atomic mass is 9.98. The Labute approximate surface area is 187 Å². The van der Waals surface area contributed by atoms with Crippen LogP contribution in [-0.2, 0) is 6.42 Å². The van der Waals surface area contributed by atoms with Crippen molar-refractivity contribution >= 4 is 16.7 Å². The molecular formula is C24H17FN6O2. The highest BCUT2D eigenvalue weighted by atomic mass is 19.1. The number of halogens is 1. The van der Waals surface area contributed by atoms with E-state index in [1.807, 2.05) is 30.3 Å². The van der Waals surface area contributed by atoms with Crippen molar-refractivity contribution in [3.05, 3.63) is 95.9 Å². The second kappa shape index (κ2) is 7.63. The van der Waals surface area contributed by atoms with Crippen LogP contribution in [0, 0.1) is 5.82 Å². The van der Waals surface area contributed by atoms with Gasteiger partial charge in [-0.1, -0.05) is 24.3 Å². The average Bonchev–Trinajstić information content (AvgIpc) is 3.53. The summed E-state index contributed by atoms with van der Waals surface area (Å²) >= 11 is 0. The van der Waals surface area contributed by atoms with Gasteiger partial charge >= 0.3 is 11.8 Å². The first-order chi connectivity index (χ1) is 16.2. The van der Waals surface area contributed by atoms with Crippen molar-refractivity contribution in [2.24, 2.45) is 0 Å². The number of nitrogens with zero attached hydrogens (tertiary/aromatic N) is 5. The second-order valence-corrected chi connectivity index (χ2v) is 7.79. The standard InChI is InChI=1S/C24H17FN6O2/c25-17-7-5-14(6-8-17)22-29-30-23(33-22)24(32)31-10-9-18-20(28-13-27-18)21(31)19-11-15-3-1-2-4-16(15)12-26-19/h1-8,11-13,21H,9-10H2,(H,27,28). The number of hydrogen-bond acceptors (Lipinski definition) is 6. The molecule has 5 aromatic rings. The first kappa shape index (κ1) is 19.3. The fraction of sp³-hybridized carbons (Fsp3) is 0.125. The Bertz CT molecular complexity index is 1480. The number of benzene rings is 2. The van der Waals surface area contributed by atoms with Crippen molar-refractivity contribution in [2.75, 3.05) is 6.54 Å². The maximum absolute atomic E-state index is 13.5. The Hall–Kier alpha value is -4.40. The number of fused-ring (bicyclic) bond motifs is 2. The molecule has 1 N–H and O–H groups in total. The van der Waals surface area contributed by atoms with E-state index in [9.17, 15) is 9.18 Å². The molecule has 1 aliphatic rings. The van der Waals surface area contributed by atoms with Crippen LogP contribution in [0.5, 0.6) is 0 Å². The van der Waals surface area contributed by atoms with Crippen LogP contribution in [0.4, 0.5) is 4.39 Å². The van der Waals surface area contributed by atoms with Gasteiger partial charge in [0.15, 0.2) is 0 Å². The highest BCUT2D eigenvalue weighted by molar-refractivity contribution is 5.91. The molecule has 0 aliphatic carbocycles. The molecule has 0 radical (unpaired) electrons. The van der Waals surface area contributed by atoms with Gasteiger partial charge in [0.05, 0.1) is 17.7 Å². The van der Waals surface area contributed by atoms with Crippen molar-refractivity contribution in [1.82, 2.24) is 30.0 Å². The summed E-state index contributed by atoms with van der Waals surface area (Å²) < 4.78 is 18.9. The van der Waals surface area contributed by atoms with Crippen molar-refractivity contribution in [3.8, 4) is 11.5 Å². The normalized spacial score (nSPS) is 15.5. The van der Waals surface area contributed by atoms with E-state index in [1.54, 1.807) is 17.4 Å². The molecular weight excluding hydrogens is 423 g/mol. The summed E-state index contributed by atoms with van der Waals surface area (Å²) in [7, 11) is 0. The lowest BCUT2D eigenvalue weighted by Gasteiger charge is -2.33. The van der Waals surface area contributed by atoms with E-state index in [4.69, 9.17) is 4.42 Å². The van der Waals surface area contributed by atoms with E-state index in [2.05, 4.69) is 25.1 Å². The SMILES string of the molecule is O=C(c1nnc(-c2ccc(F)cc2)o1)N1CCc2[nH]cnc2C1c1cc2ccccc2cn1. The predicted molar refractivity (Wildman–Crippen MR) is 117 cm³/mol. The fourth-order valence-corrected chi connectivity index (χ4v) is 4.19. The van der Waals surface area contributed by atoms with E-state index in [-0.39, 0.29) is 17.6 Å². The number of amides is 1. The molecule has 2 aromatic carbocycles. The van der Waals surface area contributed by atoms with Crippen molar-refractivity contribution in [3.63, 3.8) is 0 Å². The number of aromatic nitrogens is 5. The van der Waals surface area contributed by atoms with Gasteiger partial charge in [0.2, 0.25) is 5.89 Å². The van der Waals surface area contributed by atoms with Gasteiger partial charge in [-0.05, 0) is 35.7 Å². The minimum atomic E-state index is -0.502. The first-order valence-corrected chi connectivity index (χ1v) is 10.4. The van der Waals surface area contributed by atoms with E-state index < -0.39 is 11.9 Å². The molecule has 9 heteroatoms. The van der Waals surface area contributed by atoms with Gasteiger partial charge in [0.1, 0.15) is 11.9 Å². The van der Waals surface area contributed by atoms with Crippen LogP contribution >= 0.6 is 0 Å². The molecule has 6 rings (SSSR count). The molecule has 1 amide bonds. The van der Waals surface area contributed by atoms with Crippen LogP contribution in [0.1, 0.15) is 33.8 Å². The van der Waals surface area contributed by atoms with Crippen molar-refractivity contribution in [1.29, 1.82) is 0 Å². The van der Waals surface area contributed by atoms with Crippen LogP contribution in [0.3, 0.4) is 0 Å². The van der Waals surface area contributed by atoms with Crippen LogP contribution in [0.2, 0.25) is 0 Å². The highest BCUT2D eigenvalue weighted by Gasteiger charge is 2.37. The predicted octanol–water partition coefficient (Wildman–Crippen LogP) is 3.93. The van der Waals surface area contributed by atoms with Crippen LogP contribution in [0.25, 0.3) is 22.2 Å². The molecule has 0 bridgehead atoms. The zero-order valence-electron chi connectivity index (χ0n) is 17.3. The largest absolute Gasteiger partial charge is 0.412 e. The Kier molecular flexibility index (Phi) is 4.46. The topological polar surface area (TPSA) is 101 Å². The van der Waals surface area contributed by atoms with Gasteiger partial charge in [-0.2, -0.15) is 0 Å². The zero-order chi connectivity index (χ0) is 22.4. The number of aromatic amines is 1. The molecule has 8 nitrogen and oxygen atoms in total. The van der Waals surface area contributed by atoms with Crippen LogP contribution in [0.15, 0.2) is 71.5 Å². The number of H-pyrrole nitrogens is 1. The van der Waals surface area contributed by atoms with Gasteiger partial charge in [-0.25, -0.2) is 9.37 Å². The number of carbonyl (C=O) groups is 1. The summed E-state index contributed by atoms with van der Waals surface area (Å²) in [4.78, 5) is 27.4. The third-order valence-corrected chi connectivity index (χ3v) is 5.82. The Morgan fingerprint density at radius 1 is 1.06 bits per heavy atom. The van der Waals surface area contributed by atoms with E-state index in [1.165, 1.54) is 24.3 Å². The summed E-state index contributed by atoms with van der Waals surface area (Å²) in [5.74, 6) is -0.775. The Morgan fingerprint density at radius 3 is 2.73 bits per heavy atom.